The SMILES string of the molecule is NC(=O)CN1C(=O)CC(NC(=O)c2cc3ccccc3[nH]2)(c2ccccc2)Sc2ccccc21. The van der Waals surface area contributed by atoms with Crippen molar-refractivity contribution in [2.45, 2.75) is 16.2 Å². The molecule has 34 heavy (non-hydrogen) atoms. The molecular weight excluding hydrogens is 448 g/mol. The number of carbonyl (C=O) groups is 3. The first-order valence-electron chi connectivity index (χ1n) is 10.8. The van der Waals surface area contributed by atoms with Crippen LogP contribution in [0.15, 0.2) is 89.8 Å². The number of thioether (sulfide) groups is 1. The van der Waals surface area contributed by atoms with E-state index in [0.29, 0.717) is 11.4 Å². The Morgan fingerprint density at radius 2 is 1.71 bits per heavy atom. The van der Waals surface area contributed by atoms with Crippen LogP contribution in [0.4, 0.5) is 5.69 Å². The first kappa shape index (κ1) is 21.8. The maximum atomic E-state index is 13.5. The lowest BCUT2D eigenvalue weighted by molar-refractivity contribution is -0.122. The molecule has 8 heteroatoms. The smallest absolute Gasteiger partial charge is 0.269 e. The summed E-state index contributed by atoms with van der Waals surface area (Å²) >= 11 is 1.38. The van der Waals surface area contributed by atoms with E-state index in [0.717, 1.165) is 21.4 Å². The van der Waals surface area contributed by atoms with Crippen LogP contribution in [0.1, 0.15) is 22.5 Å². The van der Waals surface area contributed by atoms with E-state index >= 15 is 0 Å². The number of hydrogen-bond donors (Lipinski definition) is 3. The Bertz CT molecular complexity index is 1370. The van der Waals surface area contributed by atoms with Crippen molar-refractivity contribution in [1.82, 2.24) is 10.3 Å². The highest BCUT2D eigenvalue weighted by atomic mass is 32.2. The van der Waals surface area contributed by atoms with Crippen LogP contribution in [-0.2, 0) is 14.5 Å². The minimum Gasteiger partial charge on any atom is -0.368 e. The van der Waals surface area contributed by atoms with Gasteiger partial charge in [0.15, 0.2) is 0 Å². The number of H-pyrrole nitrogens is 1. The van der Waals surface area contributed by atoms with Crippen LogP contribution < -0.4 is 16.0 Å². The van der Waals surface area contributed by atoms with Gasteiger partial charge in [0, 0.05) is 15.8 Å². The van der Waals surface area contributed by atoms with Crippen LogP contribution in [-0.4, -0.2) is 29.3 Å². The van der Waals surface area contributed by atoms with Crippen molar-refractivity contribution in [3.8, 4) is 0 Å². The number of nitrogens with two attached hydrogens (primary N) is 1. The van der Waals surface area contributed by atoms with Crippen molar-refractivity contribution in [1.29, 1.82) is 0 Å². The highest BCUT2D eigenvalue weighted by molar-refractivity contribution is 8.00. The quantitative estimate of drug-likeness (QED) is 0.413. The average molecular weight is 471 g/mol. The van der Waals surface area contributed by atoms with E-state index in [1.807, 2.05) is 66.7 Å². The van der Waals surface area contributed by atoms with Gasteiger partial charge in [-0.1, -0.05) is 72.4 Å². The maximum absolute atomic E-state index is 13.5. The third-order valence-electron chi connectivity index (χ3n) is 5.79. The summed E-state index contributed by atoms with van der Waals surface area (Å²) < 4.78 is 0. The van der Waals surface area contributed by atoms with Gasteiger partial charge in [-0.25, -0.2) is 0 Å². The summed E-state index contributed by atoms with van der Waals surface area (Å²) in [6.07, 6.45) is -0.0599. The number of nitrogens with one attached hydrogen (secondary N) is 2. The second-order valence-electron chi connectivity index (χ2n) is 8.11. The van der Waals surface area contributed by atoms with Crippen LogP contribution in [0, 0.1) is 0 Å². The van der Waals surface area contributed by atoms with E-state index in [-0.39, 0.29) is 24.8 Å². The first-order chi connectivity index (χ1) is 16.4. The van der Waals surface area contributed by atoms with Crippen LogP contribution in [0.25, 0.3) is 10.9 Å². The van der Waals surface area contributed by atoms with E-state index in [4.69, 9.17) is 5.73 Å². The number of hydrogen-bond acceptors (Lipinski definition) is 4. The fourth-order valence-corrected chi connectivity index (χ4v) is 5.62. The third-order valence-corrected chi connectivity index (χ3v) is 7.18. The van der Waals surface area contributed by atoms with Gasteiger partial charge in [-0.15, -0.1) is 0 Å². The number of fused-ring (bicyclic) bond motifs is 2. The minimum absolute atomic E-state index is 0.0599. The number of amides is 3. The van der Waals surface area contributed by atoms with E-state index in [1.54, 1.807) is 18.2 Å². The molecule has 4 N–H and O–H groups in total. The molecule has 0 spiro atoms. The van der Waals surface area contributed by atoms with Crippen molar-refractivity contribution in [2.24, 2.45) is 5.73 Å². The summed E-state index contributed by atoms with van der Waals surface area (Å²) in [4.78, 5) is 43.0. The number of nitrogens with zero attached hydrogens (tertiary/aromatic N) is 1. The molecule has 3 aromatic carbocycles. The van der Waals surface area contributed by atoms with Gasteiger partial charge in [-0.3, -0.25) is 14.4 Å². The Hall–Kier alpha value is -4.04. The monoisotopic (exact) mass is 470 g/mol. The molecule has 0 fully saturated rings. The van der Waals surface area contributed by atoms with Gasteiger partial charge < -0.3 is 20.9 Å². The summed E-state index contributed by atoms with van der Waals surface area (Å²) in [5.41, 5.74) is 8.07. The molecule has 5 rings (SSSR count). The van der Waals surface area contributed by atoms with E-state index in [9.17, 15) is 14.4 Å². The fourth-order valence-electron chi connectivity index (χ4n) is 4.22. The molecule has 0 radical (unpaired) electrons. The summed E-state index contributed by atoms with van der Waals surface area (Å²) in [5, 5.41) is 4.06. The zero-order chi connectivity index (χ0) is 23.7. The molecule has 2 heterocycles. The minimum atomic E-state index is -1.10. The van der Waals surface area contributed by atoms with E-state index in [1.165, 1.54) is 16.7 Å². The number of aromatic nitrogens is 1. The van der Waals surface area contributed by atoms with Crippen LogP contribution in [0.3, 0.4) is 0 Å². The van der Waals surface area contributed by atoms with Crippen LogP contribution in [0.2, 0.25) is 0 Å². The van der Waals surface area contributed by atoms with Crippen molar-refractivity contribution in [3.63, 3.8) is 0 Å². The van der Waals surface area contributed by atoms with Crippen molar-refractivity contribution < 1.29 is 14.4 Å². The van der Waals surface area contributed by atoms with Gasteiger partial charge >= 0.3 is 0 Å². The lowest BCUT2D eigenvalue weighted by Gasteiger charge is -2.33. The summed E-state index contributed by atoms with van der Waals surface area (Å²) in [6, 6.07) is 26.2. The highest BCUT2D eigenvalue weighted by Gasteiger charge is 2.43. The standard InChI is InChI=1S/C26H22N4O3S/c27-23(31)16-30-21-12-6-7-13-22(21)34-26(15-24(30)32,18-9-2-1-3-10-18)29-25(33)20-14-17-8-4-5-11-19(17)28-20/h1-14,28H,15-16H2,(H2,27,31)(H,29,33). The summed E-state index contributed by atoms with van der Waals surface area (Å²) in [7, 11) is 0. The number of benzene rings is 3. The third kappa shape index (κ3) is 4.04. The molecular formula is C26H22N4O3S. The molecule has 170 valence electrons. The molecule has 4 aromatic rings. The fraction of sp³-hybridized carbons (Fsp3) is 0.115. The second-order valence-corrected chi connectivity index (χ2v) is 9.45. The van der Waals surface area contributed by atoms with Crippen LogP contribution >= 0.6 is 11.8 Å². The van der Waals surface area contributed by atoms with Crippen molar-refractivity contribution >= 4 is 46.1 Å². The average Bonchev–Trinajstić information content (AvgIpc) is 3.23. The molecule has 1 aromatic heterocycles. The Labute approximate surface area is 200 Å². The second kappa shape index (κ2) is 8.72. The highest BCUT2D eigenvalue weighted by Crippen LogP contribution is 2.48. The van der Waals surface area contributed by atoms with Gasteiger partial charge in [0.1, 0.15) is 17.1 Å². The maximum Gasteiger partial charge on any atom is 0.269 e. The van der Waals surface area contributed by atoms with Gasteiger partial charge in [0.2, 0.25) is 11.8 Å². The Morgan fingerprint density at radius 1 is 1.00 bits per heavy atom. The molecule has 0 saturated carbocycles. The number of anilines is 1. The van der Waals surface area contributed by atoms with Gasteiger partial charge in [0.25, 0.3) is 5.91 Å². The Morgan fingerprint density at radius 3 is 2.47 bits per heavy atom. The van der Waals surface area contributed by atoms with Crippen molar-refractivity contribution in [3.05, 3.63) is 96.2 Å². The lowest BCUT2D eigenvalue weighted by atomic mass is 10.0. The summed E-state index contributed by atoms with van der Waals surface area (Å²) in [6.45, 7) is -0.239. The van der Waals surface area contributed by atoms with Gasteiger partial charge in [-0.05, 0) is 29.8 Å². The van der Waals surface area contributed by atoms with Gasteiger partial charge in [-0.2, -0.15) is 0 Å². The number of rotatable bonds is 5. The predicted octanol–water partition coefficient (Wildman–Crippen LogP) is 3.77. The molecule has 1 unspecified atom stereocenters. The molecule has 1 aliphatic heterocycles. The normalized spacial score (nSPS) is 17.8. The van der Waals surface area contributed by atoms with E-state index < -0.39 is 10.8 Å². The Balaban J connectivity index is 1.60. The number of aromatic amines is 1. The first-order valence-corrected chi connectivity index (χ1v) is 11.6. The number of primary amides is 1. The molecule has 0 aliphatic carbocycles. The topological polar surface area (TPSA) is 108 Å². The van der Waals surface area contributed by atoms with E-state index in [2.05, 4.69) is 10.3 Å². The molecule has 1 atom stereocenters. The lowest BCUT2D eigenvalue weighted by Crippen LogP contribution is -2.47. The zero-order valence-electron chi connectivity index (χ0n) is 18.2. The number of carbonyl (C=O) groups excluding carboxylic acids is 3. The molecule has 3 amide bonds. The molecule has 0 bridgehead atoms. The Kier molecular flexibility index (Phi) is 5.59. The van der Waals surface area contributed by atoms with Crippen molar-refractivity contribution in [2.75, 3.05) is 11.4 Å². The molecule has 1 aliphatic rings. The number of para-hydroxylation sites is 2. The van der Waals surface area contributed by atoms with Crippen LogP contribution in [0.5, 0.6) is 0 Å². The summed E-state index contributed by atoms with van der Waals surface area (Å²) in [5.74, 6) is -1.25. The largest absolute Gasteiger partial charge is 0.368 e. The molecule has 0 saturated heterocycles. The zero-order valence-corrected chi connectivity index (χ0v) is 19.0. The predicted molar refractivity (Wildman–Crippen MR) is 132 cm³/mol. The van der Waals surface area contributed by atoms with Gasteiger partial charge in [0.05, 0.1) is 12.1 Å². The molecule has 7 nitrogen and oxygen atoms in total.